The van der Waals surface area contributed by atoms with Gasteiger partial charge in [-0.15, -0.1) is 11.6 Å². The Balaban J connectivity index is 2.58. The normalized spacial score (nSPS) is 12.1. The number of benzene rings is 1. The van der Waals surface area contributed by atoms with Crippen molar-refractivity contribution in [2.24, 2.45) is 0 Å². The SMILES string of the molecule is CCC(Cl)CNC(=O)c1ccccc1O. The zero-order valence-corrected chi connectivity index (χ0v) is 9.29. The van der Waals surface area contributed by atoms with Gasteiger partial charge in [0.25, 0.3) is 5.91 Å². The fourth-order valence-corrected chi connectivity index (χ4v) is 1.19. The Kier molecular flexibility index (Phi) is 4.43. The first-order valence-electron chi connectivity index (χ1n) is 4.85. The average molecular weight is 228 g/mol. The van der Waals surface area contributed by atoms with E-state index in [1.165, 1.54) is 6.07 Å². The Bertz CT molecular complexity index is 341. The molecule has 1 unspecified atom stereocenters. The van der Waals surface area contributed by atoms with E-state index >= 15 is 0 Å². The van der Waals surface area contributed by atoms with Gasteiger partial charge in [-0.25, -0.2) is 0 Å². The zero-order chi connectivity index (χ0) is 11.3. The van der Waals surface area contributed by atoms with Crippen LogP contribution in [0.1, 0.15) is 23.7 Å². The number of alkyl halides is 1. The molecule has 0 saturated heterocycles. The molecule has 4 heteroatoms. The maximum atomic E-state index is 11.6. The van der Waals surface area contributed by atoms with Gasteiger partial charge < -0.3 is 10.4 Å². The Hall–Kier alpha value is -1.22. The summed E-state index contributed by atoms with van der Waals surface area (Å²) >= 11 is 5.86. The summed E-state index contributed by atoms with van der Waals surface area (Å²) in [7, 11) is 0. The Morgan fingerprint density at radius 2 is 2.20 bits per heavy atom. The molecule has 1 atom stereocenters. The fraction of sp³-hybridized carbons (Fsp3) is 0.364. The number of aromatic hydroxyl groups is 1. The van der Waals surface area contributed by atoms with E-state index in [1.54, 1.807) is 18.2 Å². The third-order valence-electron chi connectivity index (χ3n) is 2.08. The quantitative estimate of drug-likeness (QED) is 0.775. The smallest absolute Gasteiger partial charge is 0.255 e. The molecule has 15 heavy (non-hydrogen) atoms. The lowest BCUT2D eigenvalue weighted by molar-refractivity contribution is 0.0951. The molecule has 82 valence electrons. The van der Waals surface area contributed by atoms with Gasteiger partial charge in [0, 0.05) is 6.54 Å². The Morgan fingerprint density at radius 1 is 1.53 bits per heavy atom. The first-order valence-corrected chi connectivity index (χ1v) is 5.29. The number of para-hydroxylation sites is 1. The number of carbonyl (C=O) groups is 1. The molecular formula is C11H14ClNO2. The van der Waals surface area contributed by atoms with Crippen molar-refractivity contribution >= 4 is 17.5 Å². The van der Waals surface area contributed by atoms with E-state index in [0.29, 0.717) is 6.54 Å². The highest BCUT2D eigenvalue weighted by atomic mass is 35.5. The van der Waals surface area contributed by atoms with E-state index in [9.17, 15) is 9.90 Å². The number of hydrogen-bond acceptors (Lipinski definition) is 2. The second kappa shape index (κ2) is 5.61. The molecule has 1 amide bonds. The second-order valence-electron chi connectivity index (χ2n) is 3.23. The van der Waals surface area contributed by atoms with Gasteiger partial charge in [-0.1, -0.05) is 19.1 Å². The molecule has 0 radical (unpaired) electrons. The van der Waals surface area contributed by atoms with Gasteiger partial charge in [0.2, 0.25) is 0 Å². The molecule has 2 N–H and O–H groups in total. The van der Waals surface area contributed by atoms with Crippen LogP contribution in [0.25, 0.3) is 0 Å². The summed E-state index contributed by atoms with van der Waals surface area (Å²) in [4.78, 5) is 11.6. The largest absolute Gasteiger partial charge is 0.507 e. The molecule has 0 aromatic heterocycles. The second-order valence-corrected chi connectivity index (χ2v) is 3.85. The minimum atomic E-state index is -0.299. The molecule has 0 heterocycles. The van der Waals surface area contributed by atoms with Crippen molar-refractivity contribution < 1.29 is 9.90 Å². The van der Waals surface area contributed by atoms with Gasteiger partial charge in [0.1, 0.15) is 5.75 Å². The van der Waals surface area contributed by atoms with Gasteiger partial charge in [0.05, 0.1) is 10.9 Å². The van der Waals surface area contributed by atoms with Crippen molar-refractivity contribution in [1.29, 1.82) is 0 Å². The first kappa shape index (κ1) is 11.9. The van der Waals surface area contributed by atoms with E-state index in [0.717, 1.165) is 6.42 Å². The Labute approximate surface area is 94.1 Å². The lowest BCUT2D eigenvalue weighted by atomic mass is 10.2. The average Bonchev–Trinajstić information content (AvgIpc) is 2.26. The minimum Gasteiger partial charge on any atom is -0.507 e. The van der Waals surface area contributed by atoms with Crippen LogP contribution >= 0.6 is 11.6 Å². The van der Waals surface area contributed by atoms with Crippen LogP contribution < -0.4 is 5.32 Å². The predicted molar refractivity (Wildman–Crippen MR) is 60.4 cm³/mol. The summed E-state index contributed by atoms with van der Waals surface area (Å²) in [5.74, 6) is -0.315. The van der Waals surface area contributed by atoms with Gasteiger partial charge in [0.15, 0.2) is 0 Å². The molecule has 0 fully saturated rings. The van der Waals surface area contributed by atoms with Gasteiger partial charge in [-0.2, -0.15) is 0 Å². The van der Waals surface area contributed by atoms with Crippen LogP contribution in [0.4, 0.5) is 0 Å². The number of phenols is 1. The Morgan fingerprint density at radius 3 is 2.80 bits per heavy atom. The summed E-state index contributed by atoms with van der Waals surface area (Å²) in [6, 6.07) is 6.42. The lowest BCUT2D eigenvalue weighted by Gasteiger charge is -2.09. The number of rotatable bonds is 4. The monoisotopic (exact) mass is 227 g/mol. The maximum Gasteiger partial charge on any atom is 0.255 e. The van der Waals surface area contributed by atoms with Crippen molar-refractivity contribution in [3.8, 4) is 5.75 Å². The summed E-state index contributed by atoms with van der Waals surface area (Å²) in [6.07, 6.45) is 0.794. The number of nitrogens with one attached hydrogen (secondary N) is 1. The van der Waals surface area contributed by atoms with Crippen molar-refractivity contribution in [3.05, 3.63) is 29.8 Å². The van der Waals surface area contributed by atoms with E-state index < -0.39 is 0 Å². The molecule has 0 bridgehead atoms. The molecular weight excluding hydrogens is 214 g/mol. The number of phenolic OH excluding ortho intramolecular Hbond substituents is 1. The maximum absolute atomic E-state index is 11.6. The van der Waals surface area contributed by atoms with Crippen LogP contribution in [0.3, 0.4) is 0 Å². The van der Waals surface area contributed by atoms with Gasteiger partial charge >= 0.3 is 0 Å². The summed E-state index contributed by atoms with van der Waals surface area (Å²) in [5.41, 5.74) is 0.275. The van der Waals surface area contributed by atoms with E-state index in [4.69, 9.17) is 11.6 Å². The number of carbonyl (C=O) groups excluding carboxylic acids is 1. The van der Waals surface area contributed by atoms with E-state index in [2.05, 4.69) is 5.32 Å². The van der Waals surface area contributed by atoms with Crippen molar-refractivity contribution in [3.63, 3.8) is 0 Å². The highest BCUT2D eigenvalue weighted by Crippen LogP contribution is 2.15. The van der Waals surface area contributed by atoms with Crippen molar-refractivity contribution in [1.82, 2.24) is 5.32 Å². The number of hydrogen-bond donors (Lipinski definition) is 2. The zero-order valence-electron chi connectivity index (χ0n) is 8.53. The van der Waals surface area contributed by atoms with Crippen LogP contribution in [0.2, 0.25) is 0 Å². The van der Waals surface area contributed by atoms with Gasteiger partial charge in [-0.05, 0) is 18.6 Å². The van der Waals surface area contributed by atoms with Crippen LogP contribution in [0.15, 0.2) is 24.3 Å². The molecule has 1 aromatic carbocycles. The molecule has 0 aliphatic carbocycles. The van der Waals surface area contributed by atoms with E-state index in [-0.39, 0.29) is 22.6 Å². The molecule has 0 aliphatic rings. The topological polar surface area (TPSA) is 49.3 Å². The predicted octanol–water partition coefficient (Wildman–Crippen LogP) is 2.14. The summed E-state index contributed by atoms with van der Waals surface area (Å²) in [6.45, 7) is 2.36. The summed E-state index contributed by atoms with van der Waals surface area (Å²) in [5, 5.41) is 12.0. The lowest BCUT2D eigenvalue weighted by Crippen LogP contribution is -2.29. The van der Waals surface area contributed by atoms with E-state index in [1.807, 2.05) is 6.92 Å². The minimum absolute atomic E-state index is 0.0161. The third kappa shape index (κ3) is 3.44. The number of amides is 1. The summed E-state index contributed by atoms with van der Waals surface area (Å²) < 4.78 is 0. The van der Waals surface area contributed by atoms with Crippen molar-refractivity contribution in [2.75, 3.05) is 6.54 Å². The van der Waals surface area contributed by atoms with Gasteiger partial charge in [-0.3, -0.25) is 4.79 Å². The highest BCUT2D eigenvalue weighted by molar-refractivity contribution is 6.20. The van der Waals surface area contributed by atoms with Crippen LogP contribution in [0.5, 0.6) is 5.75 Å². The van der Waals surface area contributed by atoms with Crippen LogP contribution in [-0.2, 0) is 0 Å². The molecule has 0 spiro atoms. The first-order chi connectivity index (χ1) is 7.15. The van der Waals surface area contributed by atoms with Crippen molar-refractivity contribution in [2.45, 2.75) is 18.7 Å². The van der Waals surface area contributed by atoms with Crippen LogP contribution in [-0.4, -0.2) is 22.9 Å². The molecule has 3 nitrogen and oxygen atoms in total. The molecule has 0 saturated carbocycles. The number of halogens is 1. The molecule has 1 rings (SSSR count). The highest BCUT2D eigenvalue weighted by Gasteiger charge is 2.10. The van der Waals surface area contributed by atoms with Crippen LogP contribution in [0, 0.1) is 0 Å². The standard InChI is InChI=1S/C11H14ClNO2/c1-2-8(12)7-13-11(15)9-5-3-4-6-10(9)14/h3-6,8,14H,2,7H2,1H3,(H,13,15). The molecule has 1 aromatic rings. The fourth-order valence-electron chi connectivity index (χ4n) is 1.11. The third-order valence-corrected chi connectivity index (χ3v) is 2.54. The molecule has 0 aliphatic heterocycles.